The lowest BCUT2D eigenvalue weighted by Crippen LogP contribution is -2.10. The predicted molar refractivity (Wildman–Crippen MR) is 35.5 cm³/mol. The molecule has 0 spiro atoms. The van der Waals surface area contributed by atoms with Gasteiger partial charge in [-0.15, -0.1) is 0 Å². The average molecular weight is 128 g/mol. The Balaban J connectivity index is 3.27. The number of hydrogen-bond acceptors (Lipinski definition) is 2. The monoisotopic (exact) mass is 128 g/mol. The fourth-order valence-electron chi connectivity index (χ4n) is 0.398. The summed E-state index contributed by atoms with van der Waals surface area (Å²) in [5, 5.41) is 0. The van der Waals surface area contributed by atoms with Crippen molar-refractivity contribution in [1.82, 2.24) is 0 Å². The first-order valence-electron chi connectivity index (χ1n) is 3.00. The van der Waals surface area contributed by atoms with Crippen molar-refractivity contribution in [3.8, 4) is 0 Å². The van der Waals surface area contributed by atoms with Gasteiger partial charge in [0.15, 0.2) is 0 Å². The fraction of sp³-hybridized carbons (Fsp3) is 0.571. The molecule has 52 valence electrons. The SMILES string of the molecule is [CH2]C[CH]C(=O)OC(C)C. The molecule has 0 aromatic heterocycles. The van der Waals surface area contributed by atoms with Crippen molar-refractivity contribution in [2.45, 2.75) is 26.4 Å². The third kappa shape index (κ3) is 5.34. The third-order valence-corrected chi connectivity index (χ3v) is 0.663. The molecule has 2 radical (unpaired) electrons. The lowest BCUT2D eigenvalue weighted by atomic mass is 10.3. The number of ether oxygens (including phenoxy) is 1. The maximum absolute atomic E-state index is 10.5. The van der Waals surface area contributed by atoms with E-state index in [1.807, 2.05) is 13.8 Å². The van der Waals surface area contributed by atoms with E-state index in [-0.39, 0.29) is 12.1 Å². The van der Waals surface area contributed by atoms with Gasteiger partial charge in [0.25, 0.3) is 0 Å². The number of carbonyl (C=O) groups is 1. The lowest BCUT2D eigenvalue weighted by Gasteiger charge is -2.05. The first-order chi connectivity index (χ1) is 4.16. The Morgan fingerprint density at radius 3 is 2.67 bits per heavy atom. The van der Waals surface area contributed by atoms with Gasteiger partial charge in [0.05, 0.1) is 12.5 Å². The molecule has 2 nitrogen and oxygen atoms in total. The van der Waals surface area contributed by atoms with Crippen LogP contribution in [0.1, 0.15) is 20.3 Å². The minimum Gasteiger partial charge on any atom is -0.463 e. The van der Waals surface area contributed by atoms with Crippen molar-refractivity contribution in [2.24, 2.45) is 0 Å². The summed E-state index contributed by atoms with van der Waals surface area (Å²) in [6.07, 6.45) is 1.88. The highest BCUT2D eigenvalue weighted by molar-refractivity contribution is 5.78. The molecule has 0 rings (SSSR count). The van der Waals surface area contributed by atoms with Gasteiger partial charge >= 0.3 is 5.97 Å². The second kappa shape index (κ2) is 4.36. The van der Waals surface area contributed by atoms with E-state index in [1.54, 1.807) is 0 Å². The second-order valence-corrected chi connectivity index (χ2v) is 1.98. The molecule has 0 aliphatic rings. The first-order valence-corrected chi connectivity index (χ1v) is 3.00. The molecule has 0 amide bonds. The van der Waals surface area contributed by atoms with E-state index in [2.05, 4.69) is 6.92 Å². The molecule has 0 saturated heterocycles. The molecule has 0 aromatic carbocycles. The van der Waals surface area contributed by atoms with Crippen LogP contribution in [0.25, 0.3) is 0 Å². The van der Waals surface area contributed by atoms with Crippen molar-refractivity contribution >= 4 is 5.97 Å². The van der Waals surface area contributed by atoms with Gasteiger partial charge < -0.3 is 4.74 Å². The summed E-state index contributed by atoms with van der Waals surface area (Å²) in [5.41, 5.74) is 0. The Morgan fingerprint density at radius 1 is 1.78 bits per heavy atom. The minimum absolute atomic E-state index is 0.0275. The minimum atomic E-state index is -0.278. The summed E-state index contributed by atoms with van der Waals surface area (Å²) in [5.74, 6) is -0.278. The van der Waals surface area contributed by atoms with Gasteiger partial charge in [-0.3, -0.25) is 4.79 Å². The summed E-state index contributed by atoms with van der Waals surface area (Å²) in [6.45, 7) is 7.11. The average Bonchev–Trinajstić information content (AvgIpc) is 1.63. The Kier molecular flexibility index (Phi) is 4.10. The molecule has 0 aliphatic carbocycles. The largest absolute Gasteiger partial charge is 0.463 e. The summed E-state index contributed by atoms with van der Waals surface area (Å²) >= 11 is 0. The topological polar surface area (TPSA) is 26.3 Å². The molecule has 0 fully saturated rings. The predicted octanol–water partition coefficient (Wildman–Crippen LogP) is 1.37. The molecular formula is C7H12O2. The molecule has 0 atom stereocenters. The van der Waals surface area contributed by atoms with E-state index in [1.165, 1.54) is 6.42 Å². The van der Waals surface area contributed by atoms with Gasteiger partial charge in [-0.05, 0) is 20.3 Å². The van der Waals surface area contributed by atoms with Crippen LogP contribution < -0.4 is 0 Å². The standard InChI is InChI=1S/C7H12O2/c1-4-5-7(8)9-6(2)3/h5-6H,1,4H2,2-3H3. The van der Waals surface area contributed by atoms with Crippen LogP contribution >= 0.6 is 0 Å². The van der Waals surface area contributed by atoms with Gasteiger partial charge in [-0.1, -0.05) is 6.92 Å². The van der Waals surface area contributed by atoms with Crippen LogP contribution in [-0.4, -0.2) is 12.1 Å². The van der Waals surface area contributed by atoms with E-state index in [0.29, 0.717) is 6.42 Å². The maximum atomic E-state index is 10.5. The van der Waals surface area contributed by atoms with E-state index in [0.717, 1.165) is 0 Å². The van der Waals surface area contributed by atoms with Gasteiger partial charge in [0, 0.05) is 0 Å². The number of esters is 1. The molecule has 0 aliphatic heterocycles. The first kappa shape index (κ1) is 8.47. The van der Waals surface area contributed by atoms with Crippen LogP contribution in [-0.2, 0) is 9.53 Å². The Morgan fingerprint density at radius 2 is 2.33 bits per heavy atom. The van der Waals surface area contributed by atoms with E-state index >= 15 is 0 Å². The van der Waals surface area contributed by atoms with Crippen LogP contribution in [0.15, 0.2) is 0 Å². The highest BCUT2D eigenvalue weighted by atomic mass is 16.5. The molecule has 0 unspecified atom stereocenters. The van der Waals surface area contributed by atoms with Gasteiger partial charge in [0.2, 0.25) is 0 Å². The summed E-state index contributed by atoms with van der Waals surface area (Å²) in [7, 11) is 0. The van der Waals surface area contributed by atoms with E-state index < -0.39 is 0 Å². The third-order valence-electron chi connectivity index (χ3n) is 0.663. The summed E-state index contributed by atoms with van der Waals surface area (Å²) in [4.78, 5) is 10.5. The molecule has 0 heterocycles. The van der Waals surface area contributed by atoms with Gasteiger partial charge in [-0.2, -0.15) is 0 Å². The van der Waals surface area contributed by atoms with Crippen LogP contribution in [0.3, 0.4) is 0 Å². The van der Waals surface area contributed by atoms with Gasteiger partial charge in [-0.25, -0.2) is 0 Å². The van der Waals surface area contributed by atoms with Crippen molar-refractivity contribution in [1.29, 1.82) is 0 Å². The zero-order valence-corrected chi connectivity index (χ0v) is 5.89. The molecule has 0 bridgehead atoms. The maximum Gasteiger partial charge on any atom is 0.310 e. The van der Waals surface area contributed by atoms with Crippen molar-refractivity contribution in [3.63, 3.8) is 0 Å². The van der Waals surface area contributed by atoms with Crippen LogP contribution in [0.2, 0.25) is 0 Å². The molecular weight excluding hydrogens is 116 g/mol. The van der Waals surface area contributed by atoms with Crippen LogP contribution in [0.4, 0.5) is 0 Å². The number of hydrogen-bond donors (Lipinski definition) is 0. The van der Waals surface area contributed by atoms with Crippen molar-refractivity contribution < 1.29 is 9.53 Å². The number of carbonyl (C=O) groups excluding carboxylic acids is 1. The molecule has 9 heavy (non-hydrogen) atoms. The Labute approximate surface area is 56.2 Å². The molecule has 0 aromatic rings. The molecule has 0 N–H and O–H groups in total. The zero-order valence-electron chi connectivity index (χ0n) is 5.89. The molecule has 2 heteroatoms. The van der Waals surface area contributed by atoms with Crippen molar-refractivity contribution in [2.75, 3.05) is 0 Å². The fourth-order valence-corrected chi connectivity index (χ4v) is 0.398. The highest BCUT2D eigenvalue weighted by Crippen LogP contribution is 1.93. The molecule has 0 saturated carbocycles. The summed E-state index contributed by atoms with van der Waals surface area (Å²) in [6, 6.07) is 0. The normalized spacial score (nSPS) is 9.78. The number of rotatable bonds is 3. The zero-order chi connectivity index (χ0) is 7.28. The second-order valence-electron chi connectivity index (χ2n) is 1.98. The lowest BCUT2D eigenvalue weighted by molar-refractivity contribution is -0.143. The smallest absolute Gasteiger partial charge is 0.310 e. The van der Waals surface area contributed by atoms with Crippen molar-refractivity contribution in [3.05, 3.63) is 13.3 Å². The van der Waals surface area contributed by atoms with Crippen LogP contribution in [0, 0.1) is 13.3 Å². The highest BCUT2D eigenvalue weighted by Gasteiger charge is 2.02. The van der Waals surface area contributed by atoms with Gasteiger partial charge in [0.1, 0.15) is 0 Å². The Bertz CT molecular complexity index is 86.9. The Hall–Kier alpha value is -0.530. The summed E-state index contributed by atoms with van der Waals surface area (Å²) < 4.78 is 4.76. The van der Waals surface area contributed by atoms with E-state index in [9.17, 15) is 4.79 Å². The van der Waals surface area contributed by atoms with Crippen LogP contribution in [0.5, 0.6) is 0 Å². The quantitative estimate of drug-likeness (QED) is 0.536. The van der Waals surface area contributed by atoms with E-state index in [4.69, 9.17) is 4.74 Å².